The summed E-state index contributed by atoms with van der Waals surface area (Å²) in [5.41, 5.74) is 3.46. The van der Waals surface area contributed by atoms with Crippen LogP contribution in [-0.2, 0) is 29.5 Å². The Bertz CT molecular complexity index is 804. The number of nitrogens with zero attached hydrogens (tertiary/aromatic N) is 3. The molecule has 0 bridgehead atoms. The molecule has 7 heteroatoms. The van der Waals surface area contributed by atoms with Crippen LogP contribution in [-0.4, -0.2) is 48.1 Å². The fourth-order valence-electron chi connectivity index (χ4n) is 3.54. The maximum Gasteiger partial charge on any atom is 0.227 e. The lowest BCUT2D eigenvalue weighted by Crippen LogP contribution is -2.41. The van der Waals surface area contributed by atoms with Crippen molar-refractivity contribution in [2.45, 2.75) is 31.5 Å². The molecule has 7 nitrogen and oxygen atoms in total. The standard InChI is InChI=1S/C19H24N4O3/c1-22-10-15(9-21-22)26-18-12-25-11-16(18)20-8-13-3-5-17-14(7-13)4-6-19(24)23(17)2/h3,5,7,9-10,16,18,20H,4,6,8,11-12H2,1-2H3/t16-,18+/m0/s1. The molecule has 0 unspecified atom stereocenters. The largest absolute Gasteiger partial charge is 0.483 e. The van der Waals surface area contributed by atoms with E-state index >= 15 is 0 Å². The minimum Gasteiger partial charge on any atom is -0.483 e. The van der Waals surface area contributed by atoms with Crippen molar-refractivity contribution in [3.05, 3.63) is 41.7 Å². The van der Waals surface area contributed by atoms with E-state index in [1.165, 1.54) is 11.1 Å². The topological polar surface area (TPSA) is 68.6 Å². The average molecular weight is 356 g/mol. The Morgan fingerprint density at radius 3 is 3.00 bits per heavy atom. The number of amides is 1. The van der Waals surface area contributed by atoms with Crippen LogP contribution in [0, 0.1) is 0 Å². The molecule has 1 aromatic heterocycles. The number of fused-ring (bicyclic) bond motifs is 1. The van der Waals surface area contributed by atoms with Gasteiger partial charge in [-0.3, -0.25) is 9.48 Å². The van der Waals surface area contributed by atoms with Gasteiger partial charge in [-0.25, -0.2) is 0 Å². The number of carbonyl (C=O) groups excluding carboxylic acids is 1. The van der Waals surface area contributed by atoms with E-state index in [1.807, 2.05) is 26.4 Å². The van der Waals surface area contributed by atoms with E-state index in [1.54, 1.807) is 15.8 Å². The highest BCUT2D eigenvalue weighted by Gasteiger charge is 2.30. The van der Waals surface area contributed by atoms with Gasteiger partial charge in [0.1, 0.15) is 6.10 Å². The van der Waals surface area contributed by atoms with Crippen molar-refractivity contribution >= 4 is 11.6 Å². The quantitative estimate of drug-likeness (QED) is 0.874. The molecule has 3 heterocycles. The molecule has 0 aliphatic carbocycles. The van der Waals surface area contributed by atoms with Crippen molar-refractivity contribution in [3.63, 3.8) is 0 Å². The smallest absolute Gasteiger partial charge is 0.227 e. The highest BCUT2D eigenvalue weighted by atomic mass is 16.5. The molecule has 0 spiro atoms. The summed E-state index contributed by atoms with van der Waals surface area (Å²) in [6.45, 7) is 1.95. The van der Waals surface area contributed by atoms with Gasteiger partial charge in [-0.2, -0.15) is 5.10 Å². The molecule has 0 radical (unpaired) electrons. The third kappa shape index (κ3) is 3.45. The molecule has 138 valence electrons. The zero-order chi connectivity index (χ0) is 18.1. The third-order valence-corrected chi connectivity index (χ3v) is 5.05. The number of rotatable bonds is 5. The number of ether oxygens (including phenoxy) is 2. The van der Waals surface area contributed by atoms with Crippen molar-refractivity contribution in [2.75, 3.05) is 25.2 Å². The van der Waals surface area contributed by atoms with Crippen LogP contribution >= 0.6 is 0 Å². The molecule has 4 rings (SSSR count). The fraction of sp³-hybridized carbons (Fsp3) is 0.474. The Hall–Kier alpha value is -2.38. The summed E-state index contributed by atoms with van der Waals surface area (Å²) in [6.07, 6.45) is 4.94. The first-order valence-corrected chi connectivity index (χ1v) is 8.95. The molecule has 0 saturated carbocycles. The number of anilines is 1. The van der Waals surface area contributed by atoms with Crippen molar-refractivity contribution < 1.29 is 14.3 Å². The second-order valence-electron chi connectivity index (χ2n) is 6.95. The molecule has 1 N–H and O–H groups in total. The third-order valence-electron chi connectivity index (χ3n) is 5.05. The van der Waals surface area contributed by atoms with Crippen LogP contribution in [0.5, 0.6) is 5.75 Å². The molecule has 1 fully saturated rings. The van der Waals surface area contributed by atoms with Gasteiger partial charge in [0.25, 0.3) is 0 Å². The second kappa shape index (κ2) is 7.09. The van der Waals surface area contributed by atoms with E-state index in [4.69, 9.17) is 9.47 Å². The lowest BCUT2D eigenvalue weighted by Gasteiger charge is -2.26. The van der Waals surface area contributed by atoms with Crippen molar-refractivity contribution in [1.82, 2.24) is 15.1 Å². The van der Waals surface area contributed by atoms with Gasteiger partial charge < -0.3 is 19.7 Å². The van der Waals surface area contributed by atoms with Crippen LogP contribution in [0.4, 0.5) is 5.69 Å². The normalized spacial score (nSPS) is 22.5. The minimum atomic E-state index is -0.0272. The van der Waals surface area contributed by atoms with E-state index in [-0.39, 0.29) is 18.1 Å². The molecule has 26 heavy (non-hydrogen) atoms. The van der Waals surface area contributed by atoms with Crippen LogP contribution in [0.15, 0.2) is 30.6 Å². The van der Waals surface area contributed by atoms with Gasteiger partial charge in [-0.15, -0.1) is 0 Å². The van der Waals surface area contributed by atoms with E-state index in [2.05, 4.69) is 22.5 Å². The molecular formula is C19H24N4O3. The van der Waals surface area contributed by atoms with Gasteiger partial charge in [0.05, 0.1) is 31.6 Å². The highest BCUT2D eigenvalue weighted by molar-refractivity contribution is 5.95. The highest BCUT2D eigenvalue weighted by Crippen LogP contribution is 2.27. The summed E-state index contributed by atoms with van der Waals surface area (Å²) in [6, 6.07) is 6.44. The maximum atomic E-state index is 11.8. The van der Waals surface area contributed by atoms with E-state index in [9.17, 15) is 4.79 Å². The van der Waals surface area contributed by atoms with Crippen LogP contribution in [0.25, 0.3) is 0 Å². The number of hydrogen-bond acceptors (Lipinski definition) is 5. The Morgan fingerprint density at radius 2 is 2.19 bits per heavy atom. The van der Waals surface area contributed by atoms with E-state index in [0.29, 0.717) is 19.6 Å². The van der Waals surface area contributed by atoms with Gasteiger partial charge in [0, 0.05) is 32.7 Å². The molecule has 2 aromatic rings. The Kier molecular flexibility index (Phi) is 4.65. The minimum absolute atomic E-state index is 0.0272. The Labute approximate surface area is 152 Å². The molecule has 1 aromatic carbocycles. The molecule has 2 atom stereocenters. The van der Waals surface area contributed by atoms with Crippen molar-refractivity contribution in [1.29, 1.82) is 0 Å². The van der Waals surface area contributed by atoms with Gasteiger partial charge >= 0.3 is 0 Å². The van der Waals surface area contributed by atoms with Gasteiger partial charge in [0.15, 0.2) is 5.75 Å². The van der Waals surface area contributed by atoms with Gasteiger partial charge in [0.2, 0.25) is 5.91 Å². The molecular weight excluding hydrogens is 332 g/mol. The summed E-state index contributed by atoms with van der Waals surface area (Å²) in [5.74, 6) is 0.943. The lowest BCUT2D eigenvalue weighted by molar-refractivity contribution is -0.118. The molecule has 1 saturated heterocycles. The summed E-state index contributed by atoms with van der Waals surface area (Å²) in [4.78, 5) is 13.6. The van der Waals surface area contributed by atoms with Crippen LogP contribution in [0.1, 0.15) is 17.5 Å². The summed E-state index contributed by atoms with van der Waals surface area (Å²) >= 11 is 0. The Balaban J connectivity index is 1.38. The van der Waals surface area contributed by atoms with Crippen molar-refractivity contribution in [2.24, 2.45) is 7.05 Å². The zero-order valence-electron chi connectivity index (χ0n) is 15.1. The number of aryl methyl sites for hydroxylation is 2. The fourth-order valence-corrected chi connectivity index (χ4v) is 3.54. The predicted molar refractivity (Wildman–Crippen MR) is 97.2 cm³/mol. The van der Waals surface area contributed by atoms with Crippen molar-refractivity contribution in [3.8, 4) is 5.75 Å². The monoisotopic (exact) mass is 356 g/mol. The number of benzene rings is 1. The number of hydrogen-bond donors (Lipinski definition) is 1. The van der Waals surface area contributed by atoms with E-state index < -0.39 is 0 Å². The SMILES string of the molecule is CN1C(=O)CCc2cc(CN[C@H]3COC[C@H]3Oc3cnn(C)c3)ccc21. The predicted octanol–water partition coefficient (Wildman–Crippen LogP) is 1.27. The molecule has 2 aliphatic heterocycles. The molecule has 2 aliphatic rings. The summed E-state index contributed by atoms with van der Waals surface area (Å²) in [5, 5.41) is 7.68. The van der Waals surface area contributed by atoms with Gasteiger partial charge in [-0.1, -0.05) is 12.1 Å². The molecule has 1 amide bonds. The Morgan fingerprint density at radius 1 is 1.31 bits per heavy atom. The van der Waals surface area contributed by atoms with Crippen LogP contribution < -0.4 is 15.0 Å². The van der Waals surface area contributed by atoms with Gasteiger partial charge in [-0.05, 0) is 23.6 Å². The first-order valence-electron chi connectivity index (χ1n) is 8.95. The van der Waals surface area contributed by atoms with E-state index in [0.717, 1.165) is 24.4 Å². The average Bonchev–Trinajstić information content (AvgIpc) is 3.25. The first-order chi connectivity index (χ1) is 12.6. The zero-order valence-corrected chi connectivity index (χ0v) is 15.1. The van der Waals surface area contributed by atoms with Crippen LogP contribution in [0.3, 0.4) is 0 Å². The summed E-state index contributed by atoms with van der Waals surface area (Å²) < 4.78 is 13.3. The first kappa shape index (κ1) is 17.1. The number of nitrogens with one attached hydrogen (secondary N) is 1. The lowest BCUT2D eigenvalue weighted by atomic mass is 9.99. The maximum absolute atomic E-state index is 11.8. The summed E-state index contributed by atoms with van der Waals surface area (Å²) in [7, 11) is 3.71. The number of aromatic nitrogens is 2. The second-order valence-corrected chi connectivity index (χ2v) is 6.95. The number of carbonyl (C=O) groups is 1. The van der Waals surface area contributed by atoms with Crippen LogP contribution in [0.2, 0.25) is 0 Å².